The molecular weight excluding hydrogens is 350 g/mol. The summed E-state index contributed by atoms with van der Waals surface area (Å²) in [5.41, 5.74) is 3.49. The van der Waals surface area contributed by atoms with E-state index in [9.17, 15) is 13.2 Å². The van der Waals surface area contributed by atoms with Crippen molar-refractivity contribution >= 4 is 27.3 Å². The number of anilines is 2. The fraction of sp³-hybridized carbons (Fsp3) is 0.316. The first-order valence-electron chi connectivity index (χ1n) is 8.25. The number of carbonyl (C=O) groups excluding carboxylic acids is 1. The molecule has 2 aromatic rings. The normalized spacial score (nSPS) is 11.1. The Morgan fingerprint density at radius 3 is 2.12 bits per heavy atom. The van der Waals surface area contributed by atoms with Crippen LogP contribution in [0, 0.1) is 6.92 Å². The lowest BCUT2D eigenvalue weighted by Gasteiger charge is -2.23. The summed E-state index contributed by atoms with van der Waals surface area (Å²) in [6, 6.07) is 14.8. The molecule has 0 heterocycles. The number of hydrogen-bond donors (Lipinski definition) is 1. The first-order valence-corrected chi connectivity index (χ1v) is 10.1. The van der Waals surface area contributed by atoms with Gasteiger partial charge in [-0.3, -0.25) is 9.10 Å². The molecule has 0 aliphatic rings. The lowest BCUT2D eigenvalue weighted by molar-refractivity contribution is -0.119. The number of carbonyl (C=O) groups is 1. The van der Waals surface area contributed by atoms with E-state index in [4.69, 9.17) is 0 Å². The molecule has 0 saturated heterocycles. The van der Waals surface area contributed by atoms with Crippen LogP contribution in [-0.2, 0) is 21.4 Å². The maximum atomic E-state index is 12.3. The van der Waals surface area contributed by atoms with Gasteiger partial charge in [-0.25, -0.2) is 8.42 Å². The Kier molecular flexibility index (Phi) is 6.26. The summed E-state index contributed by atoms with van der Waals surface area (Å²) in [5, 5.41) is 2.79. The largest absolute Gasteiger partial charge is 0.378 e. The van der Waals surface area contributed by atoms with Gasteiger partial charge in [0, 0.05) is 26.3 Å². The molecule has 2 aromatic carbocycles. The van der Waals surface area contributed by atoms with Gasteiger partial charge >= 0.3 is 0 Å². The van der Waals surface area contributed by atoms with Crippen molar-refractivity contribution in [3.8, 4) is 0 Å². The molecule has 0 spiro atoms. The van der Waals surface area contributed by atoms with Crippen LogP contribution in [0.25, 0.3) is 0 Å². The van der Waals surface area contributed by atoms with E-state index < -0.39 is 10.0 Å². The third-order valence-electron chi connectivity index (χ3n) is 4.08. The monoisotopic (exact) mass is 375 g/mol. The van der Waals surface area contributed by atoms with Crippen molar-refractivity contribution in [2.24, 2.45) is 0 Å². The Balaban J connectivity index is 2.10. The smallest absolute Gasteiger partial charge is 0.241 e. The first kappa shape index (κ1) is 19.8. The van der Waals surface area contributed by atoms with E-state index in [1.165, 1.54) is 0 Å². The highest BCUT2D eigenvalue weighted by Gasteiger charge is 2.20. The SMILES string of the molecule is Cc1ccccc1CNC(=O)CN(c1ccc(N(C)C)cc1)S(C)(=O)=O. The number of hydrogen-bond acceptors (Lipinski definition) is 4. The highest BCUT2D eigenvalue weighted by Crippen LogP contribution is 2.21. The quantitative estimate of drug-likeness (QED) is 0.805. The molecule has 0 bridgehead atoms. The molecule has 0 fully saturated rings. The summed E-state index contributed by atoms with van der Waals surface area (Å²) in [5.74, 6) is -0.352. The zero-order valence-electron chi connectivity index (χ0n) is 15.6. The van der Waals surface area contributed by atoms with E-state index in [0.717, 1.165) is 27.4 Å². The van der Waals surface area contributed by atoms with Crippen molar-refractivity contribution in [2.45, 2.75) is 13.5 Å². The Labute approximate surface area is 155 Å². The number of nitrogens with one attached hydrogen (secondary N) is 1. The van der Waals surface area contributed by atoms with Crippen molar-refractivity contribution in [3.05, 3.63) is 59.7 Å². The van der Waals surface area contributed by atoms with Crippen molar-refractivity contribution in [1.29, 1.82) is 0 Å². The average Bonchev–Trinajstić information content (AvgIpc) is 2.58. The molecule has 0 saturated carbocycles. The number of rotatable bonds is 7. The van der Waals surface area contributed by atoms with Gasteiger partial charge in [0.1, 0.15) is 6.54 Å². The van der Waals surface area contributed by atoms with E-state index in [0.29, 0.717) is 12.2 Å². The first-order chi connectivity index (χ1) is 12.2. The minimum absolute atomic E-state index is 0.258. The fourth-order valence-electron chi connectivity index (χ4n) is 2.51. The molecule has 1 N–H and O–H groups in total. The van der Waals surface area contributed by atoms with Gasteiger partial charge in [0.15, 0.2) is 0 Å². The van der Waals surface area contributed by atoms with E-state index in [2.05, 4.69) is 5.32 Å². The molecule has 2 rings (SSSR count). The highest BCUT2D eigenvalue weighted by atomic mass is 32.2. The second-order valence-corrected chi connectivity index (χ2v) is 8.29. The summed E-state index contributed by atoms with van der Waals surface area (Å²) in [6.07, 6.45) is 1.10. The zero-order chi connectivity index (χ0) is 19.3. The second-order valence-electron chi connectivity index (χ2n) is 6.38. The van der Waals surface area contributed by atoms with Gasteiger partial charge in [0.25, 0.3) is 0 Å². The van der Waals surface area contributed by atoms with Gasteiger partial charge in [-0.15, -0.1) is 0 Å². The van der Waals surface area contributed by atoms with Gasteiger partial charge in [-0.2, -0.15) is 0 Å². The van der Waals surface area contributed by atoms with Crippen molar-refractivity contribution in [3.63, 3.8) is 0 Å². The van der Waals surface area contributed by atoms with Gasteiger partial charge in [-0.05, 0) is 42.3 Å². The molecular formula is C19H25N3O3S. The van der Waals surface area contributed by atoms with Crippen LogP contribution < -0.4 is 14.5 Å². The van der Waals surface area contributed by atoms with E-state index in [1.54, 1.807) is 12.1 Å². The molecule has 0 atom stereocenters. The van der Waals surface area contributed by atoms with Crippen LogP contribution in [0.1, 0.15) is 11.1 Å². The van der Waals surface area contributed by atoms with Gasteiger partial charge in [-0.1, -0.05) is 24.3 Å². The third-order valence-corrected chi connectivity index (χ3v) is 5.22. The number of sulfonamides is 1. The number of nitrogens with zero attached hydrogens (tertiary/aromatic N) is 2. The summed E-state index contributed by atoms with van der Waals surface area (Å²) < 4.78 is 25.4. The maximum absolute atomic E-state index is 12.3. The summed E-state index contributed by atoms with van der Waals surface area (Å²) in [7, 11) is 0.232. The minimum Gasteiger partial charge on any atom is -0.378 e. The molecule has 0 radical (unpaired) electrons. The second kappa shape index (κ2) is 8.23. The highest BCUT2D eigenvalue weighted by molar-refractivity contribution is 7.92. The number of benzene rings is 2. The van der Waals surface area contributed by atoms with Crippen molar-refractivity contribution in [2.75, 3.05) is 36.1 Å². The van der Waals surface area contributed by atoms with Crippen LogP contribution in [-0.4, -0.2) is 41.2 Å². The number of amides is 1. The molecule has 0 aliphatic carbocycles. The van der Waals surface area contributed by atoms with Crippen LogP contribution in [0.15, 0.2) is 48.5 Å². The van der Waals surface area contributed by atoms with Crippen LogP contribution in [0.4, 0.5) is 11.4 Å². The fourth-order valence-corrected chi connectivity index (χ4v) is 3.36. The lowest BCUT2D eigenvalue weighted by atomic mass is 10.1. The average molecular weight is 375 g/mol. The molecule has 6 nitrogen and oxygen atoms in total. The minimum atomic E-state index is -3.58. The van der Waals surface area contributed by atoms with E-state index in [-0.39, 0.29) is 12.5 Å². The van der Waals surface area contributed by atoms with Gasteiger partial charge < -0.3 is 10.2 Å². The number of aryl methyl sites for hydroxylation is 1. The molecule has 0 unspecified atom stereocenters. The summed E-state index contributed by atoms with van der Waals surface area (Å²) in [6.45, 7) is 2.07. The van der Waals surface area contributed by atoms with E-state index >= 15 is 0 Å². The Morgan fingerprint density at radius 2 is 1.58 bits per heavy atom. The summed E-state index contributed by atoms with van der Waals surface area (Å²) in [4.78, 5) is 14.2. The molecule has 0 aromatic heterocycles. The van der Waals surface area contributed by atoms with E-state index in [1.807, 2.05) is 62.3 Å². The molecule has 1 amide bonds. The maximum Gasteiger partial charge on any atom is 0.241 e. The lowest BCUT2D eigenvalue weighted by Crippen LogP contribution is -2.40. The van der Waals surface area contributed by atoms with Crippen LogP contribution >= 0.6 is 0 Å². The van der Waals surface area contributed by atoms with Crippen LogP contribution in [0.2, 0.25) is 0 Å². The van der Waals surface area contributed by atoms with Gasteiger partial charge in [0.05, 0.1) is 11.9 Å². The van der Waals surface area contributed by atoms with Gasteiger partial charge in [0.2, 0.25) is 15.9 Å². The Hall–Kier alpha value is -2.54. The topological polar surface area (TPSA) is 69.7 Å². The van der Waals surface area contributed by atoms with Crippen LogP contribution in [0.3, 0.4) is 0 Å². The molecule has 140 valence electrons. The van der Waals surface area contributed by atoms with Crippen molar-refractivity contribution < 1.29 is 13.2 Å². The third kappa shape index (κ3) is 5.23. The predicted molar refractivity (Wildman–Crippen MR) is 106 cm³/mol. The predicted octanol–water partition coefficient (Wildman–Crippen LogP) is 2.14. The summed E-state index contributed by atoms with van der Waals surface area (Å²) >= 11 is 0. The Morgan fingerprint density at radius 1 is 1.00 bits per heavy atom. The van der Waals surface area contributed by atoms with Crippen molar-refractivity contribution in [1.82, 2.24) is 5.32 Å². The molecule has 7 heteroatoms. The molecule has 26 heavy (non-hydrogen) atoms. The zero-order valence-corrected chi connectivity index (χ0v) is 16.4. The standard InChI is InChI=1S/C19H25N3O3S/c1-15-7-5-6-8-16(15)13-20-19(23)14-22(26(4,24)25)18-11-9-17(10-12-18)21(2)3/h5-12H,13-14H2,1-4H3,(H,20,23). The molecule has 0 aliphatic heterocycles. The van der Waals surface area contributed by atoms with Crippen LogP contribution in [0.5, 0.6) is 0 Å². The Bertz CT molecular complexity index is 862.